The van der Waals surface area contributed by atoms with Gasteiger partial charge in [-0.15, -0.1) is 0 Å². The van der Waals surface area contributed by atoms with Crippen LogP contribution in [0, 0.1) is 0 Å². The molecule has 1 aliphatic carbocycles. The van der Waals surface area contributed by atoms with Crippen LogP contribution in [0.5, 0.6) is 0 Å². The molecule has 1 amide bonds. The number of amides is 1. The van der Waals surface area contributed by atoms with Gasteiger partial charge in [0.15, 0.2) is 0 Å². The fourth-order valence-corrected chi connectivity index (χ4v) is 3.40. The van der Waals surface area contributed by atoms with E-state index in [0.29, 0.717) is 18.8 Å². The second-order valence-electron chi connectivity index (χ2n) is 6.69. The van der Waals surface area contributed by atoms with Crippen molar-refractivity contribution in [1.82, 2.24) is 24.9 Å². The smallest absolute Gasteiger partial charge is 0.269 e. The van der Waals surface area contributed by atoms with E-state index in [1.54, 1.807) is 23.9 Å². The van der Waals surface area contributed by atoms with Crippen LogP contribution in [0.2, 0.25) is 0 Å². The summed E-state index contributed by atoms with van der Waals surface area (Å²) in [4.78, 5) is 24.6. The van der Waals surface area contributed by atoms with Gasteiger partial charge in [0.05, 0.1) is 17.9 Å². The Kier molecular flexibility index (Phi) is 4.58. The van der Waals surface area contributed by atoms with E-state index < -0.39 is 0 Å². The molecule has 0 saturated carbocycles. The number of benzene rings is 1. The number of hydrogen-bond acceptors (Lipinski definition) is 4. The van der Waals surface area contributed by atoms with Crippen LogP contribution < -0.4 is 10.9 Å². The maximum absolute atomic E-state index is 12.5. The van der Waals surface area contributed by atoms with E-state index in [4.69, 9.17) is 0 Å². The highest BCUT2D eigenvalue weighted by atomic mass is 16.2. The van der Waals surface area contributed by atoms with Gasteiger partial charge in [-0.25, -0.2) is 4.68 Å². The van der Waals surface area contributed by atoms with Crippen LogP contribution >= 0.6 is 0 Å². The Morgan fingerprint density at radius 3 is 2.78 bits per heavy atom. The lowest BCUT2D eigenvalue weighted by Gasteiger charge is -2.08. The van der Waals surface area contributed by atoms with Gasteiger partial charge in [0, 0.05) is 25.2 Å². The molecular weight excluding hydrogens is 342 g/mol. The lowest BCUT2D eigenvalue weighted by Crippen LogP contribution is -2.33. The van der Waals surface area contributed by atoms with Gasteiger partial charge < -0.3 is 5.32 Å². The van der Waals surface area contributed by atoms with Crippen LogP contribution in [0.4, 0.5) is 0 Å². The molecule has 27 heavy (non-hydrogen) atoms. The Morgan fingerprint density at radius 1 is 1.15 bits per heavy atom. The normalized spacial score (nSPS) is 12.8. The second kappa shape index (κ2) is 7.19. The van der Waals surface area contributed by atoms with Crippen LogP contribution in [0.25, 0.3) is 11.3 Å². The van der Waals surface area contributed by atoms with E-state index in [1.807, 2.05) is 30.3 Å². The first kappa shape index (κ1) is 17.2. The molecular formula is C20H21N5O2. The monoisotopic (exact) mass is 363 g/mol. The first-order valence-electron chi connectivity index (χ1n) is 9.09. The molecule has 0 saturated heterocycles. The summed E-state index contributed by atoms with van der Waals surface area (Å²) in [5.74, 6) is -0.221. The van der Waals surface area contributed by atoms with Gasteiger partial charge in [0.25, 0.3) is 11.5 Å². The molecule has 1 aliphatic rings. The van der Waals surface area contributed by atoms with Crippen LogP contribution in [-0.4, -0.2) is 32.0 Å². The van der Waals surface area contributed by atoms with E-state index in [0.717, 1.165) is 41.8 Å². The average molecular weight is 363 g/mol. The number of carbonyl (C=O) groups is 1. The van der Waals surface area contributed by atoms with Crippen molar-refractivity contribution in [2.24, 2.45) is 7.05 Å². The number of rotatable bonds is 5. The SMILES string of the molecule is Cn1nc(-c2ccccc2)cc1C(=O)NCCn1nc2c(cc1=O)CCC2. The van der Waals surface area contributed by atoms with E-state index in [-0.39, 0.29) is 11.5 Å². The molecule has 0 fully saturated rings. The average Bonchev–Trinajstić information content (AvgIpc) is 3.28. The van der Waals surface area contributed by atoms with Gasteiger partial charge in [0.2, 0.25) is 0 Å². The fourth-order valence-electron chi connectivity index (χ4n) is 3.40. The fraction of sp³-hybridized carbons (Fsp3) is 0.300. The van der Waals surface area contributed by atoms with Crippen molar-refractivity contribution in [3.8, 4) is 11.3 Å². The Morgan fingerprint density at radius 2 is 1.96 bits per heavy atom. The third kappa shape index (κ3) is 3.53. The summed E-state index contributed by atoms with van der Waals surface area (Å²) in [7, 11) is 1.74. The van der Waals surface area contributed by atoms with E-state index >= 15 is 0 Å². The van der Waals surface area contributed by atoms with E-state index in [9.17, 15) is 9.59 Å². The summed E-state index contributed by atoms with van der Waals surface area (Å²) in [5, 5.41) is 11.7. The Labute approximate surface area is 156 Å². The number of aromatic nitrogens is 4. The third-order valence-corrected chi connectivity index (χ3v) is 4.82. The number of aryl methyl sites for hydroxylation is 3. The summed E-state index contributed by atoms with van der Waals surface area (Å²) in [5.41, 5.74) is 4.13. The predicted molar refractivity (Wildman–Crippen MR) is 101 cm³/mol. The van der Waals surface area contributed by atoms with Crippen molar-refractivity contribution in [2.45, 2.75) is 25.8 Å². The quantitative estimate of drug-likeness (QED) is 0.746. The number of hydrogen-bond donors (Lipinski definition) is 1. The summed E-state index contributed by atoms with van der Waals surface area (Å²) in [6, 6.07) is 13.2. The van der Waals surface area contributed by atoms with Crippen LogP contribution in [0.3, 0.4) is 0 Å². The van der Waals surface area contributed by atoms with Crippen molar-refractivity contribution < 1.29 is 4.79 Å². The first-order chi connectivity index (χ1) is 13.1. The maximum atomic E-state index is 12.5. The van der Waals surface area contributed by atoms with Crippen LogP contribution in [0.15, 0.2) is 47.3 Å². The molecule has 0 aliphatic heterocycles. The summed E-state index contributed by atoms with van der Waals surface area (Å²) in [6.07, 6.45) is 2.89. The van der Waals surface area contributed by atoms with Crippen LogP contribution in [-0.2, 0) is 26.4 Å². The van der Waals surface area contributed by atoms with Crippen molar-refractivity contribution in [2.75, 3.05) is 6.54 Å². The van der Waals surface area contributed by atoms with Gasteiger partial charge in [-0.05, 0) is 30.9 Å². The molecule has 138 valence electrons. The Balaban J connectivity index is 1.42. The summed E-state index contributed by atoms with van der Waals surface area (Å²) < 4.78 is 3.00. The van der Waals surface area contributed by atoms with Crippen molar-refractivity contribution in [3.63, 3.8) is 0 Å². The molecule has 0 bridgehead atoms. The van der Waals surface area contributed by atoms with Gasteiger partial charge in [0.1, 0.15) is 5.69 Å². The zero-order valence-corrected chi connectivity index (χ0v) is 15.2. The highest BCUT2D eigenvalue weighted by molar-refractivity contribution is 5.93. The predicted octanol–water partition coefficient (Wildman–Crippen LogP) is 1.56. The van der Waals surface area contributed by atoms with Crippen molar-refractivity contribution >= 4 is 5.91 Å². The lowest BCUT2D eigenvalue weighted by atomic mass is 10.1. The minimum atomic E-state index is -0.221. The molecule has 2 aromatic heterocycles. The molecule has 3 aromatic rings. The molecule has 1 aromatic carbocycles. The molecule has 2 heterocycles. The molecule has 7 heteroatoms. The second-order valence-corrected chi connectivity index (χ2v) is 6.69. The maximum Gasteiger partial charge on any atom is 0.269 e. The molecule has 0 atom stereocenters. The van der Waals surface area contributed by atoms with Crippen molar-refractivity contribution in [3.05, 3.63) is 69.8 Å². The Bertz CT molecular complexity index is 1040. The van der Waals surface area contributed by atoms with Crippen LogP contribution in [0.1, 0.15) is 28.2 Å². The molecule has 4 rings (SSSR count). The minimum absolute atomic E-state index is 0.114. The van der Waals surface area contributed by atoms with Gasteiger partial charge >= 0.3 is 0 Å². The molecule has 1 N–H and O–H groups in total. The zero-order valence-electron chi connectivity index (χ0n) is 15.2. The Hall–Kier alpha value is -3.22. The number of fused-ring (bicyclic) bond motifs is 1. The molecule has 0 spiro atoms. The van der Waals surface area contributed by atoms with E-state index in [2.05, 4.69) is 15.5 Å². The lowest BCUT2D eigenvalue weighted by molar-refractivity contribution is 0.0942. The number of nitrogens with zero attached hydrogens (tertiary/aromatic N) is 4. The molecule has 7 nitrogen and oxygen atoms in total. The van der Waals surface area contributed by atoms with E-state index in [1.165, 1.54) is 4.68 Å². The largest absolute Gasteiger partial charge is 0.349 e. The standard InChI is InChI=1S/C20H21N5O2/c1-24-18(13-17(22-24)14-6-3-2-4-7-14)20(27)21-10-11-25-19(26)12-15-8-5-9-16(15)23-25/h2-4,6-7,12-13H,5,8-11H2,1H3,(H,21,27). The van der Waals surface area contributed by atoms with Crippen molar-refractivity contribution in [1.29, 1.82) is 0 Å². The zero-order chi connectivity index (χ0) is 18.8. The molecule has 0 radical (unpaired) electrons. The highest BCUT2D eigenvalue weighted by Gasteiger charge is 2.16. The number of carbonyl (C=O) groups excluding carboxylic acids is 1. The minimum Gasteiger partial charge on any atom is -0.349 e. The highest BCUT2D eigenvalue weighted by Crippen LogP contribution is 2.18. The summed E-state index contributed by atoms with van der Waals surface area (Å²) in [6.45, 7) is 0.678. The first-order valence-corrected chi connectivity index (χ1v) is 9.09. The molecule has 0 unspecified atom stereocenters. The third-order valence-electron chi connectivity index (χ3n) is 4.82. The van der Waals surface area contributed by atoms with Gasteiger partial charge in [-0.3, -0.25) is 14.3 Å². The van der Waals surface area contributed by atoms with Gasteiger partial charge in [-0.2, -0.15) is 10.2 Å². The number of nitrogens with one attached hydrogen (secondary N) is 1. The topological polar surface area (TPSA) is 81.8 Å². The summed E-state index contributed by atoms with van der Waals surface area (Å²) >= 11 is 0. The van der Waals surface area contributed by atoms with Gasteiger partial charge in [-0.1, -0.05) is 30.3 Å².